The Balaban J connectivity index is 1.41. The number of fused-ring (bicyclic) bond motifs is 3. The third-order valence-corrected chi connectivity index (χ3v) is 6.06. The van der Waals surface area contributed by atoms with Crippen LogP contribution in [0.25, 0.3) is 33.3 Å². The number of carbonyl (C=O) groups is 1. The van der Waals surface area contributed by atoms with Crippen molar-refractivity contribution in [2.24, 2.45) is 0 Å². The van der Waals surface area contributed by atoms with E-state index in [9.17, 15) is 9.59 Å². The number of nitrogens with zero attached hydrogens (tertiary/aromatic N) is 3. The molecular formula is C26H20N4O3. The van der Waals surface area contributed by atoms with E-state index < -0.39 is 0 Å². The highest BCUT2D eigenvalue weighted by atomic mass is 16.3. The molecule has 2 aromatic carbocycles. The summed E-state index contributed by atoms with van der Waals surface area (Å²) in [5, 5.41) is 4.20. The van der Waals surface area contributed by atoms with Crippen molar-refractivity contribution in [3.63, 3.8) is 0 Å². The van der Waals surface area contributed by atoms with Crippen LogP contribution >= 0.6 is 0 Å². The molecule has 4 heterocycles. The number of anilines is 1. The normalized spacial score (nSPS) is 13.2. The van der Waals surface area contributed by atoms with Crippen molar-refractivity contribution in [2.75, 3.05) is 5.32 Å². The van der Waals surface area contributed by atoms with Gasteiger partial charge in [0.25, 0.3) is 11.5 Å². The van der Waals surface area contributed by atoms with E-state index in [0.717, 1.165) is 30.5 Å². The molecule has 1 N–H and O–H groups in total. The van der Waals surface area contributed by atoms with E-state index in [1.54, 1.807) is 41.2 Å². The van der Waals surface area contributed by atoms with Crippen molar-refractivity contribution < 1.29 is 9.21 Å². The van der Waals surface area contributed by atoms with Crippen molar-refractivity contribution in [1.82, 2.24) is 14.5 Å². The minimum Gasteiger partial charge on any atom is -0.463 e. The lowest BCUT2D eigenvalue weighted by atomic mass is 10.1. The Hall–Kier alpha value is -4.26. The summed E-state index contributed by atoms with van der Waals surface area (Å²) in [5.41, 5.74) is 2.90. The van der Waals surface area contributed by atoms with E-state index in [1.807, 2.05) is 30.3 Å². The summed E-state index contributed by atoms with van der Waals surface area (Å²) in [4.78, 5) is 35.7. The van der Waals surface area contributed by atoms with E-state index in [2.05, 4.69) is 15.3 Å². The van der Waals surface area contributed by atoms with Gasteiger partial charge in [0, 0.05) is 24.0 Å². The number of furan rings is 1. The zero-order chi connectivity index (χ0) is 22.4. The van der Waals surface area contributed by atoms with Gasteiger partial charge in [-0.3, -0.25) is 14.2 Å². The molecule has 0 aliphatic carbocycles. The second-order valence-corrected chi connectivity index (χ2v) is 8.18. The van der Waals surface area contributed by atoms with Crippen LogP contribution in [0, 0.1) is 0 Å². The second kappa shape index (κ2) is 7.70. The molecule has 0 fully saturated rings. The lowest BCUT2D eigenvalue weighted by molar-refractivity contribution is 0.102. The molecule has 3 aromatic heterocycles. The predicted octanol–water partition coefficient (Wildman–Crippen LogP) is 4.79. The largest absolute Gasteiger partial charge is 0.463 e. The molecule has 33 heavy (non-hydrogen) atoms. The van der Waals surface area contributed by atoms with Crippen molar-refractivity contribution in [1.29, 1.82) is 0 Å². The smallest absolute Gasteiger partial charge is 0.261 e. The number of carbonyl (C=O) groups excluding carboxylic acids is 1. The minimum absolute atomic E-state index is 0.0553. The lowest BCUT2D eigenvalue weighted by Crippen LogP contribution is -2.28. The molecule has 162 valence electrons. The zero-order valence-corrected chi connectivity index (χ0v) is 17.7. The average molecular weight is 436 g/mol. The third kappa shape index (κ3) is 3.38. The molecule has 1 aliphatic heterocycles. The molecule has 0 radical (unpaired) electrons. The number of para-hydroxylation sites is 1. The van der Waals surface area contributed by atoms with Gasteiger partial charge in [-0.05, 0) is 55.3 Å². The summed E-state index contributed by atoms with van der Waals surface area (Å²) in [7, 11) is 0. The van der Waals surface area contributed by atoms with Crippen LogP contribution in [0.4, 0.5) is 5.69 Å². The van der Waals surface area contributed by atoms with E-state index >= 15 is 0 Å². The number of nitrogens with one attached hydrogen (secondary N) is 1. The maximum absolute atomic E-state index is 13.3. The van der Waals surface area contributed by atoms with E-state index in [0.29, 0.717) is 45.7 Å². The molecule has 0 saturated carbocycles. The Kier molecular flexibility index (Phi) is 4.54. The van der Waals surface area contributed by atoms with Gasteiger partial charge in [-0.25, -0.2) is 9.97 Å². The van der Waals surface area contributed by atoms with Gasteiger partial charge < -0.3 is 9.73 Å². The minimum atomic E-state index is -0.285. The van der Waals surface area contributed by atoms with Crippen LogP contribution in [-0.4, -0.2) is 20.4 Å². The Morgan fingerprint density at radius 3 is 2.70 bits per heavy atom. The van der Waals surface area contributed by atoms with Gasteiger partial charge >= 0.3 is 0 Å². The third-order valence-electron chi connectivity index (χ3n) is 6.06. The summed E-state index contributed by atoms with van der Waals surface area (Å²) in [6.45, 7) is 0.687. The lowest BCUT2D eigenvalue weighted by Gasteiger charge is -2.18. The van der Waals surface area contributed by atoms with Crippen LogP contribution in [0.5, 0.6) is 0 Å². The average Bonchev–Trinajstić information content (AvgIpc) is 3.39. The van der Waals surface area contributed by atoms with Gasteiger partial charge in [0.15, 0.2) is 5.76 Å². The fraction of sp³-hybridized carbons (Fsp3) is 0.154. The van der Waals surface area contributed by atoms with Crippen LogP contribution < -0.4 is 10.9 Å². The van der Waals surface area contributed by atoms with E-state index in [1.165, 1.54) is 0 Å². The van der Waals surface area contributed by atoms with Crippen LogP contribution in [0.1, 0.15) is 29.0 Å². The number of hydrogen-bond donors (Lipinski definition) is 1. The van der Waals surface area contributed by atoms with Gasteiger partial charge in [-0.15, -0.1) is 0 Å². The topological polar surface area (TPSA) is 90.0 Å². The van der Waals surface area contributed by atoms with Crippen molar-refractivity contribution in [2.45, 2.75) is 25.8 Å². The standard InChI is InChI=1S/C26H20N4O3/c31-25(18-15-22(23-8-5-13-33-23)28-20-7-2-1-6-17(18)20)27-16-10-11-21-19(14-16)26(32)30-12-4-3-9-24(30)29-21/h1-2,5-8,10-11,13-15H,3-4,9,12H2,(H,27,31). The molecule has 0 saturated heterocycles. The van der Waals surface area contributed by atoms with Crippen molar-refractivity contribution in [3.8, 4) is 11.5 Å². The number of aromatic nitrogens is 3. The zero-order valence-electron chi connectivity index (χ0n) is 17.7. The number of benzene rings is 2. The molecule has 1 amide bonds. The van der Waals surface area contributed by atoms with E-state index in [-0.39, 0.29) is 11.5 Å². The molecular weight excluding hydrogens is 416 g/mol. The van der Waals surface area contributed by atoms with Crippen molar-refractivity contribution in [3.05, 3.63) is 88.7 Å². The number of aryl methyl sites for hydroxylation is 1. The van der Waals surface area contributed by atoms with Crippen LogP contribution in [0.2, 0.25) is 0 Å². The maximum atomic E-state index is 13.3. The first kappa shape index (κ1) is 19.4. The molecule has 7 heteroatoms. The Bertz CT molecular complexity index is 1590. The monoisotopic (exact) mass is 436 g/mol. The number of rotatable bonds is 3. The first-order valence-electron chi connectivity index (χ1n) is 11.0. The highest BCUT2D eigenvalue weighted by Crippen LogP contribution is 2.26. The molecule has 0 spiro atoms. The quantitative estimate of drug-likeness (QED) is 0.439. The molecule has 6 rings (SSSR count). The Morgan fingerprint density at radius 1 is 0.939 bits per heavy atom. The Labute approximate surface area is 188 Å². The summed E-state index contributed by atoms with van der Waals surface area (Å²) < 4.78 is 7.24. The first-order chi connectivity index (χ1) is 16.2. The summed E-state index contributed by atoms with van der Waals surface area (Å²) in [5.74, 6) is 1.14. The number of pyridine rings is 1. The summed E-state index contributed by atoms with van der Waals surface area (Å²) >= 11 is 0. The van der Waals surface area contributed by atoms with Gasteiger partial charge in [-0.2, -0.15) is 0 Å². The van der Waals surface area contributed by atoms with E-state index in [4.69, 9.17) is 4.42 Å². The van der Waals surface area contributed by atoms with Crippen LogP contribution in [0.3, 0.4) is 0 Å². The molecule has 7 nitrogen and oxygen atoms in total. The summed E-state index contributed by atoms with van der Waals surface area (Å²) in [6.07, 6.45) is 4.42. The van der Waals surface area contributed by atoms with Gasteiger partial charge in [0.1, 0.15) is 11.5 Å². The fourth-order valence-electron chi connectivity index (χ4n) is 4.43. The molecule has 5 aromatic rings. The highest BCUT2D eigenvalue weighted by Gasteiger charge is 2.17. The first-order valence-corrected chi connectivity index (χ1v) is 11.0. The summed E-state index contributed by atoms with van der Waals surface area (Å²) in [6, 6.07) is 18.1. The van der Waals surface area contributed by atoms with Gasteiger partial charge in [0.2, 0.25) is 0 Å². The molecule has 0 bridgehead atoms. The molecule has 1 aliphatic rings. The second-order valence-electron chi connectivity index (χ2n) is 8.18. The van der Waals surface area contributed by atoms with Crippen LogP contribution in [-0.2, 0) is 13.0 Å². The van der Waals surface area contributed by atoms with Crippen molar-refractivity contribution >= 4 is 33.4 Å². The fourth-order valence-corrected chi connectivity index (χ4v) is 4.43. The maximum Gasteiger partial charge on any atom is 0.261 e. The van der Waals surface area contributed by atoms with Gasteiger partial charge in [0.05, 0.1) is 28.2 Å². The Morgan fingerprint density at radius 2 is 1.82 bits per heavy atom. The van der Waals surface area contributed by atoms with Crippen LogP contribution in [0.15, 0.2) is 76.1 Å². The number of amides is 1. The van der Waals surface area contributed by atoms with Gasteiger partial charge in [-0.1, -0.05) is 18.2 Å². The molecule has 0 atom stereocenters. The molecule has 0 unspecified atom stereocenters. The highest BCUT2D eigenvalue weighted by molar-refractivity contribution is 6.13. The predicted molar refractivity (Wildman–Crippen MR) is 126 cm³/mol. The number of hydrogen-bond acceptors (Lipinski definition) is 5. The SMILES string of the molecule is O=C(Nc1ccc2nc3n(c(=O)c2c1)CCCC3)c1cc(-c2ccco2)nc2ccccc12.